The molecule has 0 radical (unpaired) electrons. The highest BCUT2D eigenvalue weighted by atomic mass is 19.3. The molecular weight excluding hydrogens is 502 g/mol. The number of hydrogen-bond acceptors (Lipinski definition) is 7. The van der Waals surface area contributed by atoms with Gasteiger partial charge in [0, 0.05) is 29.0 Å². The molecule has 11 nitrogen and oxygen atoms in total. The average Bonchev–Trinajstić information content (AvgIpc) is 3.29. The maximum atomic E-state index is 13.5. The first-order chi connectivity index (χ1) is 18.3. The van der Waals surface area contributed by atoms with Crippen LogP contribution in [0.25, 0.3) is 22.3 Å². The smallest absolute Gasteiger partial charge is 0.395 e. The van der Waals surface area contributed by atoms with Gasteiger partial charge in [-0.25, -0.2) is 9.67 Å². The number of alkyl halides is 2. The Morgan fingerprint density at radius 3 is 2.76 bits per heavy atom. The fourth-order valence-electron chi connectivity index (χ4n) is 4.83. The van der Waals surface area contributed by atoms with Gasteiger partial charge in [-0.05, 0) is 36.6 Å². The van der Waals surface area contributed by atoms with Gasteiger partial charge >= 0.3 is 6.29 Å². The predicted octanol–water partition coefficient (Wildman–Crippen LogP) is 2.80. The Hall–Kier alpha value is -4.81. The molecule has 38 heavy (non-hydrogen) atoms. The van der Waals surface area contributed by atoms with E-state index in [-0.39, 0.29) is 35.4 Å². The quantitative estimate of drug-likeness (QED) is 0.414. The Morgan fingerprint density at radius 2 is 1.95 bits per heavy atom. The maximum Gasteiger partial charge on any atom is 0.586 e. The molecular formula is C25H18F2N6O5. The van der Waals surface area contributed by atoms with Crippen molar-refractivity contribution in [2.24, 2.45) is 0 Å². The standard InChI is InChI=1S/C25H18F2N6O5/c26-25(27)37-17-6-5-15(9-18(17)38-25)33(14-3-4-14)20(35)10-32-24(36)23-22(28-11-29-23)21(31-32)13-2-1-12-8-19(34)30-16(12)7-13/h1-2,5-7,9,11,14H,3-4,8,10H2,(H,28,29)(H,30,34). The van der Waals surface area contributed by atoms with Crippen molar-refractivity contribution < 1.29 is 27.8 Å². The molecule has 4 heterocycles. The zero-order valence-corrected chi connectivity index (χ0v) is 19.5. The molecule has 0 saturated heterocycles. The number of rotatable bonds is 5. The highest BCUT2D eigenvalue weighted by molar-refractivity contribution is 6.00. The van der Waals surface area contributed by atoms with Crippen molar-refractivity contribution in [2.45, 2.75) is 38.1 Å². The van der Waals surface area contributed by atoms with E-state index >= 15 is 0 Å². The molecule has 2 aliphatic heterocycles. The fourth-order valence-corrected chi connectivity index (χ4v) is 4.83. The fraction of sp³-hybridized carbons (Fsp3) is 0.240. The summed E-state index contributed by atoms with van der Waals surface area (Å²) in [7, 11) is 0. The minimum absolute atomic E-state index is 0.113. The number of nitrogens with zero attached hydrogens (tertiary/aromatic N) is 4. The number of nitrogens with one attached hydrogen (secondary N) is 2. The summed E-state index contributed by atoms with van der Waals surface area (Å²) in [5.41, 5.74) is 2.80. The van der Waals surface area contributed by atoms with Gasteiger partial charge in [0.25, 0.3) is 5.56 Å². The first-order valence-corrected chi connectivity index (χ1v) is 11.8. The molecule has 0 unspecified atom stereocenters. The van der Waals surface area contributed by atoms with Gasteiger partial charge in [0.1, 0.15) is 23.3 Å². The lowest BCUT2D eigenvalue weighted by molar-refractivity contribution is -0.286. The molecule has 2 aromatic heterocycles. The van der Waals surface area contributed by atoms with E-state index in [9.17, 15) is 23.2 Å². The van der Waals surface area contributed by atoms with Crippen LogP contribution in [0.1, 0.15) is 18.4 Å². The van der Waals surface area contributed by atoms with Crippen molar-refractivity contribution in [3.63, 3.8) is 0 Å². The summed E-state index contributed by atoms with van der Waals surface area (Å²) in [6.07, 6.45) is -0.668. The van der Waals surface area contributed by atoms with E-state index in [0.717, 1.165) is 23.1 Å². The van der Waals surface area contributed by atoms with Gasteiger partial charge in [-0.2, -0.15) is 5.10 Å². The Bertz CT molecular complexity index is 1730. The van der Waals surface area contributed by atoms with Crippen molar-refractivity contribution in [3.05, 3.63) is 58.6 Å². The molecule has 0 bridgehead atoms. The van der Waals surface area contributed by atoms with Crippen LogP contribution in [-0.2, 0) is 22.6 Å². The molecule has 4 aromatic rings. The van der Waals surface area contributed by atoms with Gasteiger partial charge in [0.2, 0.25) is 11.8 Å². The summed E-state index contributed by atoms with van der Waals surface area (Å²) in [4.78, 5) is 47.0. The highest BCUT2D eigenvalue weighted by Gasteiger charge is 2.44. The number of amides is 2. The summed E-state index contributed by atoms with van der Waals surface area (Å²) in [5.74, 6) is -0.859. The normalized spacial score (nSPS) is 16.9. The molecule has 1 aliphatic carbocycles. The lowest BCUT2D eigenvalue weighted by atomic mass is 10.1. The van der Waals surface area contributed by atoms with E-state index in [4.69, 9.17) is 0 Å². The van der Waals surface area contributed by atoms with Crippen LogP contribution in [0.4, 0.5) is 20.2 Å². The Kier molecular flexibility index (Phi) is 4.62. The van der Waals surface area contributed by atoms with Crippen LogP contribution in [0.15, 0.2) is 47.5 Å². The number of aromatic nitrogens is 4. The first kappa shape index (κ1) is 22.4. The number of H-pyrrole nitrogens is 1. The van der Waals surface area contributed by atoms with Crippen molar-refractivity contribution in [2.75, 3.05) is 10.2 Å². The average molecular weight is 520 g/mol. The van der Waals surface area contributed by atoms with Crippen LogP contribution in [-0.4, -0.2) is 43.9 Å². The van der Waals surface area contributed by atoms with Crippen molar-refractivity contribution in [3.8, 4) is 22.8 Å². The van der Waals surface area contributed by atoms with Gasteiger partial charge in [0.05, 0.1) is 12.7 Å². The summed E-state index contributed by atoms with van der Waals surface area (Å²) >= 11 is 0. The second-order valence-corrected chi connectivity index (χ2v) is 9.33. The first-order valence-electron chi connectivity index (χ1n) is 11.8. The molecule has 2 N–H and O–H groups in total. The number of carbonyl (C=O) groups is 2. The molecule has 3 aliphatic rings. The minimum atomic E-state index is -3.77. The lowest BCUT2D eigenvalue weighted by Crippen LogP contribution is -2.39. The zero-order chi connectivity index (χ0) is 26.2. The third-order valence-electron chi connectivity index (χ3n) is 6.67. The third kappa shape index (κ3) is 3.66. The van der Waals surface area contributed by atoms with E-state index in [1.807, 2.05) is 0 Å². The SMILES string of the molecule is O=C1Cc2ccc(-c3nn(CC(=O)N(c4ccc5c(c4)OC(F)(F)O5)C4CC4)c(=O)c4[nH]cnc34)cc2N1. The Morgan fingerprint density at radius 1 is 1.13 bits per heavy atom. The topological polar surface area (TPSA) is 131 Å². The minimum Gasteiger partial charge on any atom is -0.395 e. The van der Waals surface area contributed by atoms with Crippen LogP contribution in [0.3, 0.4) is 0 Å². The number of fused-ring (bicyclic) bond motifs is 3. The third-order valence-corrected chi connectivity index (χ3v) is 6.67. The largest absolute Gasteiger partial charge is 0.586 e. The van der Waals surface area contributed by atoms with Gasteiger partial charge < -0.3 is 24.7 Å². The van der Waals surface area contributed by atoms with Crippen LogP contribution < -0.4 is 25.2 Å². The van der Waals surface area contributed by atoms with Crippen LogP contribution in [0, 0.1) is 0 Å². The molecule has 13 heteroatoms. The van der Waals surface area contributed by atoms with Gasteiger partial charge in [0.15, 0.2) is 11.5 Å². The molecule has 2 amide bonds. The van der Waals surface area contributed by atoms with E-state index in [2.05, 4.69) is 29.9 Å². The Balaban J connectivity index is 1.25. The van der Waals surface area contributed by atoms with E-state index < -0.39 is 24.3 Å². The highest BCUT2D eigenvalue weighted by Crippen LogP contribution is 2.44. The van der Waals surface area contributed by atoms with Crippen LogP contribution in [0.2, 0.25) is 0 Å². The molecule has 0 spiro atoms. The molecule has 192 valence electrons. The van der Waals surface area contributed by atoms with Crippen molar-refractivity contribution >= 4 is 34.2 Å². The molecule has 0 atom stereocenters. The number of aromatic amines is 1. The Labute approximate surface area is 212 Å². The van der Waals surface area contributed by atoms with Crippen LogP contribution >= 0.6 is 0 Å². The van der Waals surface area contributed by atoms with Crippen molar-refractivity contribution in [1.29, 1.82) is 0 Å². The zero-order valence-electron chi connectivity index (χ0n) is 19.5. The number of ether oxygens (including phenoxy) is 2. The molecule has 1 fully saturated rings. The van der Waals surface area contributed by atoms with Gasteiger partial charge in [-0.15, -0.1) is 8.78 Å². The summed E-state index contributed by atoms with van der Waals surface area (Å²) < 4.78 is 37.1. The monoisotopic (exact) mass is 520 g/mol. The summed E-state index contributed by atoms with van der Waals surface area (Å²) in [5, 5.41) is 7.27. The number of hydrogen-bond donors (Lipinski definition) is 2. The maximum absolute atomic E-state index is 13.5. The molecule has 7 rings (SSSR count). The molecule has 2 aromatic carbocycles. The second kappa shape index (κ2) is 7.84. The summed E-state index contributed by atoms with van der Waals surface area (Å²) in [6.45, 7) is -0.399. The number of benzene rings is 2. The number of anilines is 2. The number of carbonyl (C=O) groups excluding carboxylic acids is 2. The van der Waals surface area contributed by atoms with E-state index in [1.165, 1.54) is 29.4 Å². The summed E-state index contributed by atoms with van der Waals surface area (Å²) in [6, 6.07) is 9.34. The van der Waals surface area contributed by atoms with Gasteiger partial charge in [-0.3, -0.25) is 14.4 Å². The van der Waals surface area contributed by atoms with E-state index in [1.54, 1.807) is 18.2 Å². The van der Waals surface area contributed by atoms with E-state index in [0.29, 0.717) is 28.1 Å². The van der Waals surface area contributed by atoms with Crippen molar-refractivity contribution in [1.82, 2.24) is 19.7 Å². The lowest BCUT2D eigenvalue weighted by Gasteiger charge is -2.23. The predicted molar refractivity (Wildman–Crippen MR) is 129 cm³/mol. The number of halogens is 2. The van der Waals surface area contributed by atoms with Gasteiger partial charge in [-0.1, -0.05) is 12.1 Å². The number of imidazole rings is 1. The van der Waals surface area contributed by atoms with Crippen LogP contribution in [0.5, 0.6) is 11.5 Å². The molecule has 1 saturated carbocycles. The second-order valence-electron chi connectivity index (χ2n) is 9.33.